The summed E-state index contributed by atoms with van der Waals surface area (Å²) in [6, 6.07) is 18.9. The van der Waals surface area contributed by atoms with Crippen molar-refractivity contribution in [2.45, 2.75) is 64.1 Å². The quantitative estimate of drug-likeness (QED) is 0.266. The van der Waals surface area contributed by atoms with Crippen molar-refractivity contribution in [2.75, 3.05) is 10.8 Å². The van der Waals surface area contributed by atoms with Crippen molar-refractivity contribution in [3.8, 4) is 0 Å². The second-order valence-electron chi connectivity index (χ2n) is 9.63. The molecular weight excluding hydrogens is 569 g/mol. The number of carbonyl (C=O) groups is 2. The number of nitrogens with zero attached hydrogens (tertiary/aromatic N) is 2. The summed E-state index contributed by atoms with van der Waals surface area (Å²) < 4.78 is 28.8. The van der Waals surface area contributed by atoms with Crippen LogP contribution in [-0.4, -0.2) is 43.8 Å². The maximum atomic E-state index is 14.1. The Bertz CT molecular complexity index is 1430. The van der Waals surface area contributed by atoms with Crippen LogP contribution >= 0.6 is 23.2 Å². The highest BCUT2D eigenvalue weighted by Gasteiger charge is 2.34. The van der Waals surface area contributed by atoms with Gasteiger partial charge in [-0.05, 0) is 62.6 Å². The number of rotatable bonds is 12. The Morgan fingerprint density at radius 2 is 1.48 bits per heavy atom. The molecule has 0 heterocycles. The first-order chi connectivity index (χ1) is 19.0. The van der Waals surface area contributed by atoms with Gasteiger partial charge in [-0.15, -0.1) is 0 Å². The molecule has 0 aliphatic carbocycles. The summed E-state index contributed by atoms with van der Waals surface area (Å²) in [5.74, 6) is -0.885. The van der Waals surface area contributed by atoms with E-state index in [0.717, 1.165) is 16.3 Å². The van der Waals surface area contributed by atoms with Crippen molar-refractivity contribution < 1.29 is 18.0 Å². The molecule has 0 aromatic heterocycles. The summed E-state index contributed by atoms with van der Waals surface area (Å²) >= 11 is 12.9. The fourth-order valence-electron chi connectivity index (χ4n) is 4.18. The Kier molecular flexibility index (Phi) is 11.0. The monoisotopic (exact) mass is 603 g/mol. The van der Waals surface area contributed by atoms with Crippen LogP contribution in [0.3, 0.4) is 0 Å². The standard InChI is InChI=1S/C30H35Cl2N3O4S/c1-5-22(4)33-30(37)27(6-2)34(19-23-11-7-8-12-25(23)31)29(36)20-35(28-14-10-9-13-26(28)32)40(38,39)24-17-15-21(3)16-18-24/h7-18,22,27H,5-6,19-20H2,1-4H3,(H,33,37). The van der Waals surface area contributed by atoms with Gasteiger partial charge in [-0.3, -0.25) is 13.9 Å². The molecule has 1 N–H and O–H groups in total. The van der Waals surface area contributed by atoms with Crippen LogP contribution in [0.2, 0.25) is 10.0 Å². The molecule has 2 amide bonds. The zero-order valence-electron chi connectivity index (χ0n) is 23.1. The van der Waals surface area contributed by atoms with Gasteiger partial charge in [0.2, 0.25) is 11.8 Å². The van der Waals surface area contributed by atoms with E-state index in [1.165, 1.54) is 17.0 Å². The van der Waals surface area contributed by atoms with Crippen molar-refractivity contribution in [3.63, 3.8) is 0 Å². The molecule has 214 valence electrons. The number of sulfonamides is 1. The van der Waals surface area contributed by atoms with Gasteiger partial charge in [-0.2, -0.15) is 0 Å². The molecule has 0 saturated carbocycles. The summed E-state index contributed by atoms with van der Waals surface area (Å²) in [4.78, 5) is 28.8. The van der Waals surface area contributed by atoms with Crippen LogP contribution in [-0.2, 0) is 26.2 Å². The molecule has 2 unspecified atom stereocenters. The number of hydrogen-bond acceptors (Lipinski definition) is 4. The van der Waals surface area contributed by atoms with Crippen molar-refractivity contribution in [1.29, 1.82) is 0 Å². The van der Waals surface area contributed by atoms with Crippen molar-refractivity contribution in [3.05, 3.63) is 94.0 Å². The summed E-state index contributed by atoms with van der Waals surface area (Å²) in [7, 11) is -4.20. The van der Waals surface area contributed by atoms with Gasteiger partial charge in [-0.1, -0.05) is 85.1 Å². The van der Waals surface area contributed by atoms with E-state index in [4.69, 9.17) is 23.2 Å². The fraction of sp³-hybridized carbons (Fsp3) is 0.333. The molecule has 40 heavy (non-hydrogen) atoms. The summed E-state index contributed by atoms with van der Waals surface area (Å²) in [6.07, 6.45) is 1.03. The molecule has 2 atom stereocenters. The largest absolute Gasteiger partial charge is 0.352 e. The van der Waals surface area contributed by atoms with E-state index in [9.17, 15) is 18.0 Å². The lowest BCUT2D eigenvalue weighted by atomic mass is 10.1. The van der Waals surface area contributed by atoms with Crippen LogP contribution < -0.4 is 9.62 Å². The number of anilines is 1. The molecule has 3 rings (SSSR count). The minimum atomic E-state index is -4.20. The molecule has 3 aromatic rings. The maximum Gasteiger partial charge on any atom is 0.264 e. The molecule has 7 nitrogen and oxygen atoms in total. The van der Waals surface area contributed by atoms with Crippen molar-refractivity contribution in [1.82, 2.24) is 10.2 Å². The fourth-order valence-corrected chi connectivity index (χ4v) is 6.09. The SMILES string of the molecule is CCC(C)NC(=O)C(CC)N(Cc1ccccc1Cl)C(=O)CN(c1ccccc1Cl)S(=O)(=O)c1ccc(C)cc1. The lowest BCUT2D eigenvalue weighted by Gasteiger charge is -2.34. The van der Waals surface area contributed by atoms with E-state index in [1.807, 2.05) is 27.7 Å². The molecule has 0 aliphatic heterocycles. The van der Waals surface area contributed by atoms with Crippen molar-refractivity contribution >= 4 is 50.7 Å². The minimum absolute atomic E-state index is 0.0185. The van der Waals surface area contributed by atoms with E-state index in [-0.39, 0.29) is 34.1 Å². The molecular formula is C30H35Cl2N3O4S. The van der Waals surface area contributed by atoms with Gasteiger partial charge in [0.05, 0.1) is 15.6 Å². The first-order valence-corrected chi connectivity index (χ1v) is 15.4. The Balaban J connectivity index is 2.08. The number of carbonyl (C=O) groups excluding carboxylic acids is 2. The Hall–Kier alpha value is -3.07. The summed E-state index contributed by atoms with van der Waals surface area (Å²) in [5, 5.41) is 3.56. The highest BCUT2D eigenvalue weighted by molar-refractivity contribution is 7.92. The van der Waals surface area contributed by atoms with Gasteiger partial charge in [0.15, 0.2) is 0 Å². The van der Waals surface area contributed by atoms with Crippen LogP contribution in [0, 0.1) is 6.92 Å². The zero-order chi connectivity index (χ0) is 29.4. The van der Waals surface area contributed by atoms with Crippen LogP contribution in [0.1, 0.15) is 44.7 Å². The molecule has 0 fully saturated rings. The van der Waals surface area contributed by atoms with Crippen LogP contribution in [0.5, 0.6) is 0 Å². The zero-order valence-corrected chi connectivity index (χ0v) is 25.4. The van der Waals surface area contributed by atoms with Crippen LogP contribution in [0.4, 0.5) is 5.69 Å². The average Bonchev–Trinajstić information content (AvgIpc) is 2.93. The van der Waals surface area contributed by atoms with Gasteiger partial charge < -0.3 is 10.2 Å². The number of hydrogen-bond donors (Lipinski definition) is 1. The number of halogens is 2. The van der Waals surface area contributed by atoms with Crippen molar-refractivity contribution in [2.24, 2.45) is 0 Å². The lowest BCUT2D eigenvalue weighted by molar-refractivity contribution is -0.140. The molecule has 3 aromatic carbocycles. The first kappa shape index (κ1) is 31.5. The molecule has 0 radical (unpaired) electrons. The summed E-state index contributed by atoms with van der Waals surface area (Å²) in [5.41, 5.74) is 1.69. The maximum absolute atomic E-state index is 14.1. The topological polar surface area (TPSA) is 86.8 Å². The van der Waals surface area contributed by atoms with Gasteiger partial charge in [-0.25, -0.2) is 8.42 Å². The minimum Gasteiger partial charge on any atom is -0.352 e. The first-order valence-electron chi connectivity index (χ1n) is 13.2. The molecule has 0 saturated heterocycles. The molecule has 0 aliphatic rings. The number of para-hydroxylation sites is 1. The lowest BCUT2D eigenvalue weighted by Crippen LogP contribution is -2.53. The van der Waals surface area contributed by atoms with Gasteiger partial charge in [0.1, 0.15) is 12.6 Å². The van der Waals surface area contributed by atoms with Crippen LogP contribution in [0.15, 0.2) is 77.7 Å². The van der Waals surface area contributed by atoms with E-state index < -0.39 is 28.5 Å². The van der Waals surface area contributed by atoms with Gasteiger partial charge in [0, 0.05) is 17.6 Å². The third-order valence-corrected chi connectivity index (χ3v) is 9.16. The van der Waals surface area contributed by atoms with E-state index >= 15 is 0 Å². The van der Waals surface area contributed by atoms with E-state index in [2.05, 4.69) is 5.32 Å². The van der Waals surface area contributed by atoms with Gasteiger partial charge in [0.25, 0.3) is 10.0 Å². The number of aryl methyl sites for hydroxylation is 1. The Morgan fingerprint density at radius 1 is 0.875 bits per heavy atom. The predicted molar refractivity (Wildman–Crippen MR) is 161 cm³/mol. The third kappa shape index (κ3) is 7.56. The molecule has 0 spiro atoms. The molecule has 0 bridgehead atoms. The van der Waals surface area contributed by atoms with E-state index in [1.54, 1.807) is 60.7 Å². The molecule has 10 heteroatoms. The second-order valence-corrected chi connectivity index (χ2v) is 12.3. The smallest absolute Gasteiger partial charge is 0.264 e. The highest BCUT2D eigenvalue weighted by Crippen LogP contribution is 2.31. The highest BCUT2D eigenvalue weighted by atomic mass is 35.5. The predicted octanol–water partition coefficient (Wildman–Crippen LogP) is 6.22. The summed E-state index contributed by atoms with van der Waals surface area (Å²) in [6.45, 7) is 6.95. The van der Waals surface area contributed by atoms with Crippen LogP contribution in [0.25, 0.3) is 0 Å². The number of nitrogens with one attached hydrogen (secondary N) is 1. The van der Waals surface area contributed by atoms with Gasteiger partial charge >= 0.3 is 0 Å². The normalized spacial score (nSPS) is 12.8. The third-order valence-electron chi connectivity index (χ3n) is 6.69. The van der Waals surface area contributed by atoms with E-state index in [0.29, 0.717) is 17.0 Å². The Labute approximate surface area is 247 Å². The average molecular weight is 605 g/mol. The second kappa shape index (κ2) is 14.0. The number of amides is 2. The Morgan fingerprint density at radius 3 is 2.05 bits per heavy atom. The number of benzene rings is 3.